The average Bonchev–Trinajstić information content (AvgIpc) is 2.78. The van der Waals surface area contributed by atoms with E-state index in [1.54, 1.807) is 6.07 Å². The van der Waals surface area contributed by atoms with Gasteiger partial charge in [0.15, 0.2) is 0 Å². The first-order valence-electron chi connectivity index (χ1n) is 6.29. The third-order valence-corrected chi connectivity index (χ3v) is 3.66. The molecule has 2 rings (SSSR count). The third-order valence-electron chi connectivity index (χ3n) is 3.66. The maximum absolute atomic E-state index is 10.6. The number of rotatable bonds is 4. The number of nitrogens with zero attached hydrogens (tertiary/aromatic N) is 2. The van der Waals surface area contributed by atoms with Gasteiger partial charge in [0.25, 0.3) is 0 Å². The second-order valence-corrected chi connectivity index (χ2v) is 4.89. The molecule has 6 nitrogen and oxygen atoms in total. The monoisotopic (exact) mass is 253 g/mol. The molecule has 1 saturated heterocycles. The first-order valence-corrected chi connectivity index (χ1v) is 6.29. The molecule has 0 aliphatic carbocycles. The Kier molecular flexibility index (Phi) is 3.98. The van der Waals surface area contributed by atoms with Crippen LogP contribution in [0.25, 0.3) is 0 Å². The van der Waals surface area contributed by atoms with Crippen molar-refractivity contribution in [2.45, 2.75) is 32.4 Å². The molecule has 1 aliphatic rings. The highest BCUT2D eigenvalue weighted by atomic mass is 16.6. The Hall–Kier alpha value is -1.40. The summed E-state index contributed by atoms with van der Waals surface area (Å²) in [5.74, 6) is 1.00. The molecule has 2 N–H and O–H groups in total. The number of likely N-dealkylation sites (tertiary alicyclic amines) is 1. The van der Waals surface area contributed by atoms with E-state index in [2.05, 4.69) is 11.8 Å². The van der Waals surface area contributed by atoms with Crippen LogP contribution in [0.2, 0.25) is 0 Å². The lowest BCUT2D eigenvalue weighted by Gasteiger charge is -2.38. The van der Waals surface area contributed by atoms with Gasteiger partial charge in [-0.1, -0.05) is 6.92 Å². The van der Waals surface area contributed by atoms with Gasteiger partial charge < -0.3 is 10.2 Å². The van der Waals surface area contributed by atoms with E-state index in [0.29, 0.717) is 30.8 Å². The Bertz CT molecular complexity index is 418. The lowest BCUT2D eigenvalue weighted by Crippen LogP contribution is -2.47. The lowest BCUT2D eigenvalue weighted by molar-refractivity contribution is -0.402. The zero-order valence-corrected chi connectivity index (χ0v) is 10.5. The second-order valence-electron chi connectivity index (χ2n) is 4.89. The van der Waals surface area contributed by atoms with Crippen molar-refractivity contribution in [2.24, 2.45) is 11.7 Å². The van der Waals surface area contributed by atoms with Crippen LogP contribution in [0, 0.1) is 16.0 Å². The molecule has 1 fully saturated rings. The van der Waals surface area contributed by atoms with Gasteiger partial charge in [0, 0.05) is 12.6 Å². The molecule has 0 bridgehead atoms. The van der Waals surface area contributed by atoms with Crippen LogP contribution in [-0.2, 0) is 6.54 Å². The zero-order chi connectivity index (χ0) is 13.1. The molecule has 2 atom stereocenters. The molecule has 0 saturated carbocycles. The minimum atomic E-state index is -0.511. The SMILES string of the molecule is CC1CCCN(Cc2ccc([N+](=O)[O-])o2)C1CN. The molecule has 0 amide bonds. The maximum atomic E-state index is 10.6. The van der Waals surface area contributed by atoms with Crippen LogP contribution < -0.4 is 5.73 Å². The Labute approximate surface area is 106 Å². The summed E-state index contributed by atoms with van der Waals surface area (Å²) in [6.07, 6.45) is 2.33. The van der Waals surface area contributed by atoms with E-state index >= 15 is 0 Å². The topological polar surface area (TPSA) is 85.5 Å². The van der Waals surface area contributed by atoms with Crippen LogP contribution in [0.1, 0.15) is 25.5 Å². The van der Waals surface area contributed by atoms with Crippen LogP contribution in [0.3, 0.4) is 0 Å². The highest BCUT2D eigenvalue weighted by Crippen LogP contribution is 2.25. The number of nitro groups is 1. The summed E-state index contributed by atoms with van der Waals surface area (Å²) in [6, 6.07) is 3.41. The van der Waals surface area contributed by atoms with Crippen molar-refractivity contribution in [3.05, 3.63) is 28.0 Å². The number of piperidine rings is 1. The summed E-state index contributed by atoms with van der Waals surface area (Å²) in [7, 11) is 0. The fraction of sp³-hybridized carbons (Fsp3) is 0.667. The number of nitrogens with two attached hydrogens (primary N) is 1. The number of hydrogen-bond acceptors (Lipinski definition) is 5. The minimum absolute atomic E-state index is 0.195. The quantitative estimate of drug-likeness (QED) is 0.652. The molecule has 100 valence electrons. The molecule has 1 aromatic rings. The van der Waals surface area contributed by atoms with Crippen molar-refractivity contribution in [2.75, 3.05) is 13.1 Å². The van der Waals surface area contributed by atoms with Crippen molar-refractivity contribution < 1.29 is 9.34 Å². The standard InChI is InChI=1S/C12H19N3O3/c1-9-3-2-6-14(11(9)7-13)8-10-4-5-12(18-10)15(16)17/h4-5,9,11H,2-3,6-8,13H2,1H3. The van der Waals surface area contributed by atoms with Gasteiger partial charge in [-0.3, -0.25) is 15.0 Å². The van der Waals surface area contributed by atoms with E-state index in [-0.39, 0.29) is 5.88 Å². The summed E-state index contributed by atoms with van der Waals surface area (Å²) in [5.41, 5.74) is 5.81. The van der Waals surface area contributed by atoms with Gasteiger partial charge in [0.1, 0.15) is 10.7 Å². The van der Waals surface area contributed by atoms with E-state index in [9.17, 15) is 10.1 Å². The molecule has 2 unspecified atom stereocenters. The molecule has 0 aromatic carbocycles. The van der Waals surface area contributed by atoms with Gasteiger partial charge in [-0.15, -0.1) is 0 Å². The molecule has 6 heteroatoms. The van der Waals surface area contributed by atoms with E-state index in [1.165, 1.54) is 12.5 Å². The van der Waals surface area contributed by atoms with Gasteiger partial charge in [-0.25, -0.2) is 0 Å². The smallest absolute Gasteiger partial charge is 0.404 e. The van der Waals surface area contributed by atoms with Gasteiger partial charge in [-0.2, -0.15) is 0 Å². The van der Waals surface area contributed by atoms with Crippen LogP contribution in [-0.4, -0.2) is 29.0 Å². The maximum Gasteiger partial charge on any atom is 0.433 e. The molecule has 0 radical (unpaired) electrons. The van der Waals surface area contributed by atoms with Crippen molar-refractivity contribution in [3.8, 4) is 0 Å². The molecule has 1 aliphatic heterocycles. The first-order chi connectivity index (χ1) is 8.61. The van der Waals surface area contributed by atoms with Crippen molar-refractivity contribution in [3.63, 3.8) is 0 Å². The molecule has 2 heterocycles. The van der Waals surface area contributed by atoms with E-state index in [4.69, 9.17) is 10.2 Å². The summed E-state index contributed by atoms with van der Waals surface area (Å²) in [5, 5.41) is 10.6. The molecular weight excluding hydrogens is 234 g/mol. The third kappa shape index (κ3) is 2.70. The normalized spacial score (nSPS) is 25.2. The fourth-order valence-electron chi connectivity index (χ4n) is 2.66. The second kappa shape index (κ2) is 5.49. The van der Waals surface area contributed by atoms with Crippen molar-refractivity contribution in [1.29, 1.82) is 0 Å². The Morgan fingerprint density at radius 2 is 2.39 bits per heavy atom. The largest absolute Gasteiger partial charge is 0.433 e. The molecular formula is C12H19N3O3. The van der Waals surface area contributed by atoms with Gasteiger partial charge in [-0.05, 0) is 31.4 Å². The van der Waals surface area contributed by atoms with E-state index in [1.807, 2.05) is 0 Å². The van der Waals surface area contributed by atoms with Crippen molar-refractivity contribution >= 4 is 5.88 Å². The highest BCUT2D eigenvalue weighted by Gasteiger charge is 2.28. The van der Waals surface area contributed by atoms with Crippen molar-refractivity contribution in [1.82, 2.24) is 4.90 Å². The van der Waals surface area contributed by atoms with Gasteiger partial charge in [0.2, 0.25) is 0 Å². The highest BCUT2D eigenvalue weighted by molar-refractivity contribution is 5.17. The van der Waals surface area contributed by atoms with Crippen LogP contribution in [0.15, 0.2) is 16.5 Å². The summed E-state index contributed by atoms with van der Waals surface area (Å²) in [6.45, 7) is 4.39. The predicted octanol–water partition coefficient (Wildman–Crippen LogP) is 1.75. The Morgan fingerprint density at radius 1 is 1.61 bits per heavy atom. The minimum Gasteiger partial charge on any atom is -0.404 e. The first kappa shape index (κ1) is 13.0. The molecule has 1 aromatic heterocycles. The summed E-state index contributed by atoms with van der Waals surface area (Å²) in [4.78, 5) is 12.3. The molecule has 18 heavy (non-hydrogen) atoms. The Balaban J connectivity index is 2.04. The molecule has 0 spiro atoms. The van der Waals surface area contributed by atoms with Crippen LogP contribution in [0.4, 0.5) is 5.88 Å². The van der Waals surface area contributed by atoms with E-state index in [0.717, 1.165) is 13.0 Å². The summed E-state index contributed by atoms with van der Waals surface area (Å²) >= 11 is 0. The van der Waals surface area contributed by atoms with Crippen LogP contribution >= 0.6 is 0 Å². The lowest BCUT2D eigenvalue weighted by atomic mass is 9.91. The van der Waals surface area contributed by atoms with E-state index < -0.39 is 4.92 Å². The predicted molar refractivity (Wildman–Crippen MR) is 67.0 cm³/mol. The van der Waals surface area contributed by atoms with Gasteiger partial charge >= 0.3 is 5.88 Å². The Morgan fingerprint density at radius 3 is 3.00 bits per heavy atom. The summed E-state index contributed by atoms with van der Waals surface area (Å²) < 4.78 is 5.19. The zero-order valence-electron chi connectivity index (χ0n) is 10.5. The van der Waals surface area contributed by atoms with Crippen LogP contribution in [0.5, 0.6) is 0 Å². The number of furan rings is 1. The fourth-order valence-corrected chi connectivity index (χ4v) is 2.66. The van der Waals surface area contributed by atoms with Gasteiger partial charge in [0.05, 0.1) is 12.6 Å². The number of hydrogen-bond donors (Lipinski definition) is 1. The average molecular weight is 253 g/mol.